The molecule has 0 radical (unpaired) electrons. The first-order chi connectivity index (χ1) is 13.2. The summed E-state index contributed by atoms with van der Waals surface area (Å²) in [6.45, 7) is 4.07. The van der Waals surface area contributed by atoms with Gasteiger partial charge in [-0.1, -0.05) is 12.1 Å². The highest BCUT2D eigenvalue weighted by Gasteiger charge is 2.25. The number of benzene rings is 1. The zero-order chi connectivity index (χ0) is 19.2. The number of hydrogen-bond donors (Lipinski definition) is 0. The number of carbonyl (C=O) groups is 1. The highest BCUT2D eigenvalue weighted by atomic mass is 16.5. The molecule has 1 fully saturated rings. The summed E-state index contributed by atoms with van der Waals surface area (Å²) in [6.07, 6.45) is 1.74. The molecule has 1 amide bonds. The summed E-state index contributed by atoms with van der Waals surface area (Å²) in [5.41, 5.74) is 1.35. The first-order valence-electron chi connectivity index (χ1n) is 9.12. The Morgan fingerprint density at radius 3 is 2.41 bits per heavy atom. The van der Waals surface area contributed by atoms with Crippen LogP contribution in [0.5, 0.6) is 11.8 Å². The van der Waals surface area contributed by atoms with Gasteiger partial charge < -0.3 is 19.1 Å². The van der Waals surface area contributed by atoms with Crippen molar-refractivity contribution in [3.8, 4) is 23.1 Å². The summed E-state index contributed by atoms with van der Waals surface area (Å²) in [7, 11) is 3.08. The van der Waals surface area contributed by atoms with E-state index in [4.69, 9.17) is 14.2 Å². The van der Waals surface area contributed by atoms with Crippen LogP contribution in [-0.2, 0) is 4.74 Å². The Morgan fingerprint density at radius 2 is 1.81 bits per heavy atom. The molecule has 1 aliphatic heterocycles. The van der Waals surface area contributed by atoms with Crippen molar-refractivity contribution < 1.29 is 19.0 Å². The van der Waals surface area contributed by atoms with Crippen molar-refractivity contribution in [1.82, 2.24) is 14.9 Å². The maximum atomic E-state index is 13.1. The number of carbonyl (C=O) groups excluding carboxylic acids is 1. The number of nitrogens with zero attached hydrogens (tertiary/aromatic N) is 3. The zero-order valence-electron chi connectivity index (χ0n) is 16.0. The van der Waals surface area contributed by atoms with E-state index in [9.17, 15) is 4.79 Å². The zero-order valence-corrected chi connectivity index (χ0v) is 16.0. The van der Waals surface area contributed by atoms with Crippen molar-refractivity contribution in [2.75, 3.05) is 34.0 Å². The molecule has 0 spiro atoms. The van der Waals surface area contributed by atoms with Crippen molar-refractivity contribution in [2.45, 2.75) is 25.8 Å². The van der Waals surface area contributed by atoms with E-state index in [-0.39, 0.29) is 11.9 Å². The fraction of sp³-hybridized carbons (Fsp3) is 0.450. The molecule has 7 heteroatoms. The molecule has 2 heterocycles. The molecule has 27 heavy (non-hydrogen) atoms. The maximum Gasteiger partial charge on any atom is 0.254 e. The summed E-state index contributed by atoms with van der Waals surface area (Å²) < 4.78 is 15.8. The van der Waals surface area contributed by atoms with Crippen molar-refractivity contribution in [2.24, 2.45) is 0 Å². The maximum absolute atomic E-state index is 13.1. The van der Waals surface area contributed by atoms with Gasteiger partial charge in [-0.3, -0.25) is 4.79 Å². The molecule has 0 aliphatic carbocycles. The molecule has 1 saturated heterocycles. The Morgan fingerprint density at radius 1 is 1.15 bits per heavy atom. The summed E-state index contributed by atoms with van der Waals surface area (Å²) in [6, 6.07) is 9.19. The number of hydrogen-bond acceptors (Lipinski definition) is 6. The molecule has 3 rings (SSSR count). The summed E-state index contributed by atoms with van der Waals surface area (Å²) >= 11 is 0. The molecule has 0 bridgehead atoms. The SMILES string of the molecule is CCN(C(=O)c1cccc(-c2nc(OC)cc(OC)n2)c1)C1CCOCC1. The highest BCUT2D eigenvalue weighted by molar-refractivity contribution is 5.95. The number of ether oxygens (including phenoxy) is 3. The fourth-order valence-electron chi connectivity index (χ4n) is 3.26. The van der Waals surface area contributed by atoms with E-state index in [0.717, 1.165) is 18.4 Å². The van der Waals surface area contributed by atoms with Crippen LogP contribution in [0.2, 0.25) is 0 Å². The minimum Gasteiger partial charge on any atom is -0.481 e. The average Bonchev–Trinajstić information content (AvgIpc) is 2.74. The molecule has 144 valence electrons. The van der Waals surface area contributed by atoms with Crippen LogP contribution in [0.15, 0.2) is 30.3 Å². The largest absolute Gasteiger partial charge is 0.481 e. The Kier molecular flexibility index (Phi) is 6.24. The van der Waals surface area contributed by atoms with E-state index in [1.165, 1.54) is 0 Å². The third-order valence-corrected chi connectivity index (χ3v) is 4.70. The third kappa shape index (κ3) is 4.36. The number of aromatic nitrogens is 2. The minimum absolute atomic E-state index is 0.0149. The third-order valence-electron chi connectivity index (χ3n) is 4.70. The van der Waals surface area contributed by atoms with Gasteiger partial charge in [-0.15, -0.1) is 0 Å². The van der Waals surface area contributed by atoms with Crippen LogP contribution in [0.3, 0.4) is 0 Å². The second kappa shape index (κ2) is 8.81. The van der Waals surface area contributed by atoms with Crippen LogP contribution in [0.1, 0.15) is 30.1 Å². The van der Waals surface area contributed by atoms with Crippen molar-refractivity contribution >= 4 is 5.91 Å². The Labute approximate surface area is 159 Å². The van der Waals surface area contributed by atoms with Gasteiger partial charge in [0.15, 0.2) is 5.82 Å². The Balaban J connectivity index is 1.89. The van der Waals surface area contributed by atoms with Crippen LogP contribution in [0.25, 0.3) is 11.4 Å². The van der Waals surface area contributed by atoms with E-state index in [1.807, 2.05) is 36.1 Å². The van der Waals surface area contributed by atoms with Gasteiger partial charge in [0, 0.05) is 36.9 Å². The smallest absolute Gasteiger partial charge is 0.254 e. The van der Waals surface area contributed by atoms with Crippen LogP contribution in [0.4, 0.5) is 0 Å². The molecule has 0 saturated carbocycles. The molecule has 0 unspecified atom stereocenters. The van der Waals surface area contributed by atoms with Gasteiger partial charge in [0.25, 0.3) is 5.91 Å². The van der Waals surface area contributed by atoms with E-state index in [2.05, 4.69) is 9.97 Å². The predicted molar refractivity (Wildman–Crippen MR) is 101 cm³/mol. The summed E-state index contributed by atoms with van der Waals surface area (Å²) in [5, 5.41) is 0. The summed E-state index contributed by atoms with van der Waals surface area (Å²) in [5.74, 6) is 1.29. The van der Waals surface area contributed by atoms with Crippen LogP contribution >= 0.6 is 0 Å². The quantitative estimate of drug-likeness (QED) is 0.777. The fourth-order valence-corrected chi connectivity index (χ4v) is 3.26. The van der Waals surface area contributed by atoms with Gasteiger partial charge in [-0.2, -0.15) is 9.97 Å². The van der Waals surface area contributed by atoms with Gasteiger partial charge in [0.05, 0.1) is 20.3 Å². The van der Waals surface area contributed by atoms with Crippen molar-refractivity contribution in [3.05, 3.63) is 35.9 Å². The Bertz CT molecular complexity index is 768. The topological polar surface area (TPSA) is 73.8 Å². The molecule has 0 atom stereocenters. The summed E-state index contributed by atoms with van der Waals surface area (Å²) in [4.78, 5) is 23.8. The van der Waals surface area contributed by atoms with Gasteiger partial charge >= 0.3 is 0 Å². The van der Waals surface area contributed by atoms with E-state index >= 15 is 0 Å². The Hall–Kier alpha value is -2.67. The molecule has 7 nitrogen and oxygen atoms in total. The molecule has 1 aliphatic rings. The minimum atomic E-state index is 0.0149. The number of rotatable bonds is 6. The molecular weight excluding hydrogens is 346 g/mol. The molecule has 1 aromatic heterocycles. The van der Waals surface area contributed by atoms with Gasteiger partial charge in [-0.25, -0.2) is 0 Å². The second-order valence-corrected chi connectivity index (χ2v) is 6.29. The van der Waals surface area contributed by atoms with Crippen molar-refractivity contribution in [3.63, 3.8) is 0 Å². The lowest BCUT2D eigenvalue weighted by atomic mass is 10.0. The van der Waals surface area contributed by atoms with Gasteiger partial charge in [0.1, 0.15) is 0 Å². The number of amides is 1. The predicted octanol–water partition coefficient (Wildman–Crippen LogP) is 2.80. The van der Waals surface area contributed by atoms with Crippen molar-refractivity contribution in [1.29, 1.82) is 0 Å². The second-order valence-electron chi connectivity index (χ2n) is 6.29. The normalized spacial score (nSPS) is 14.6. The lowest BCUT2D eigenvalue weighted by Crippen LogP contribution is -2.43. The average molecular weight is 371 g/mol. The van der Waals surface area contributed by atoms with Crippen LogP contribution < -0.4 is 9.47 Å². The first-order valence-corrected chi connectivity index (χ1v) is 9.12. The first kappa shape index (κ1) is 19.1. The van der Waals surface area contributed by atoms with E-state index in [0.29, 0.717) is 42.9 Å². The molecule has 0 N–H and O–H groups in total. The van der Waals surface area contributed by atoms with E-state index in [1.54, 1.807) is 20.3 Å². The standard InChI is InChI=1S/C20H25N3O4/c1-4-23(16-8-10-27-11-9-16)20(24)15-7-5-6-14(12-15)19-21-17(25-2)13-18(22-19)26-3/h5-7,12-13,16H,4,8-11H2,1-3H3. The van der Waals surface area contributed by atoms with E-state index < -0.39 is 0 Å². The lowest BCUT2D eigenvalue weighted by Gasteiger charge is -2.33. The molecule has 1 aromatic carbocycles. The lowest BCUT2D eigenvalue weighted by molar-refractivity contribution is 0.0305. The van der Waals surface area contributed by atoms with Crippen LogP contribution in [-0.4, -0.2) is 60.8 Å². The molecule has 2 aromatic rings. The molecular formula is C20H25N3O4. The van der Waals surface area contributed by atoms with Gasteiger partial charge in [-0.05, 0) is 31.9 Å². The highest BCUT2D eigenvalue weighted by Crippen LogP contribution is 2.24. The number of methoxy groups -OCH3 is 2. The van der Waals surface area contributed by atoms with Crippen LogP contribution in [0, 0.1) is 0 Å². The van der Waals surface area contributed by atoms with Gasteiger partial charge in [0.2, 0.25) is 11.8 Å². The monoisotopic (exact) mass is 371 g/mol.